The molecule has 0 saturated heterocycles. The SMILES string of the molecule is CCNC(=O)c1cccc(CN=C(NCC)NCC(C)Oc2ccccc2OC)c1. The van der Waals surface area contributed by atoms with Crippen molar-refractivity contribution in [3.05, 3.63) is 59.7 Å². The van der Waals surface area contributed by atoms with Crippen LogP contribution in [0.15, 0.2) is 53.5 Å². The van der Waals surface area contributed by atoms with Crippen LogP contribution in [0.25, 0.3) is 0 Å². The van der Waals surface area contributed by atoms with E-state index in [9.17, 15) is 4.79 Å². The molecule has 0 saturated carbocycles. The molecule has 1 amide bonds. The van der Waals surface area contributed by atoms with Gasteiger partial charge in [0, 0.05) is 18.7 Å². The van der Waals surface area contributed by atoms with Gasteiger partial charge in [0.25, 0.3) is 5.91 Å². The van der Waals surface area contributed by atoms with E-state index < -0.39 is 0 Å². The molecule has 7 heteroatoms. The van der Waals surface area contributed by atoms with Crippen molar-refractivity contribution in [1.82, 2.24) is 16.0 Å². The number of hydrogen-bond donors (Lipinski definition) is 3. The Morgan fingerprint density at radius 1 is 1.00 bits per heavy atom. The van der Waals surface area contributed by atoms with Crippen molar-refractivity contribution < 1.29 is 14.3 Å². The van der Waals surface area contributed by atoms with Crippen molar-refractivity contribution >= 4 is 11.9 Å². The Morgan fingerprint density at radius 3 is 2.43 bits per heavy atom. The monoisotopic (exact) mass is 412 g/mol. The number of carbonyl (C=O) groups is 1. The number of nitrogens with zero attached hydrogens (tertiary/aromatic N) is 1. The average molecular weight is 413 g/mol. The quantitative estimate of drug-likeness (QED) is 0.413. The lowest BCUT2D eigenvalue weighted by Crippen LogP contribution is -2.41. The Balaban J connectivity index is 1.96. The predicted molar refractivity (Wildman–Crippen MR) is 120 cm³/mol. The zero-order chi connectivity index (χ0) is 21.8. The number of ether oxygens (including phenoxy) is 2. The first-order valence-electron chi connectivity index (χ1n) is 10.3. The summed E-state index contributed by atoms with van der Waals surface area (Å²) in [4.78, 5) is 16.6. The van der Waals surface area contributed by atoms with Gasteiger partial charge in [0.15, 0.2) is 17.5 Å². The van der Waals surface area contributed by atoms with Gasteiger partial charge in [-0.1, -0.05) is 24.3 Å². The summed E-state index contributed by atoms with van der Waals surface area (Å²) in [6.07, 6.45) is -0.0915. The molecule has 1 unspecified atom stereocenters. The molecule has 0 radical (unpaired) electrons. The van der Waals surface area contributed by atoms with Gasteiger partial charge in [-0.25, -0.2) is 4.99 Å². The fraction of sp³-hybridized carbons (Fsp3) is 0.391. The molecule has 0 heterocycles. The molecule has 1 atom stereocenters. The fourth-order valence-corrected chi connectivity index (χ4v) is 2.80. The van der Waals surface area contributed by atoms with Gasteiger partial charge in [0.2, 0.25) is 0 Å². The van der Waals surface area contributed by atoms with E-state index in [0.29, 0.717) is 42.7 Å². The second-order valence-electron chi connectivity index (χ2n) is 6.72. The minimum atomic E-state index is -0.0915. The molecule has 0 spiro atoms. The number of carbonyl (C=O) groups excluding carboxylic acids is 1. The molecule has 30 heavy (non-hydrogen) atoms. The van der Waals surface area contributed by atoms with Crippen LogP contribution in [0, 0.1) is 0 Å². The highest BCUT2D eigenvalue weighted by Crippen LogP contribution is 2.26. The maximum absolute atomic E-state index is 12.0. The Labute approximate surface area is 178 Å². The second kappa shape index (κ2) is 12.4. The highest BCUT2D eigenvalue weighted by Gasteiger charge is 2.10. The summed E-state index contributed by atoms with van der Waals surface area (Å²) in [6.45, 7) is 8.28. The molecule has 7 nitrogen and oxygen atoms in total. The molecule has 2 aromatic carbocycles. The molecule has 0 aliphatic heterocycles. The third-order valence-corrected chi connectivity index (χ3v) is 4.24. The van der Waals surface area contributed by atoms with Gasteiger partial charge in [-0.2, -0.15) is 0 Å². The molecule has 0 fully saturated rings. The Hall–Kier alpha value is -3.22. The van der Waals surface area contributed by atoms with Gasteiger partial charge >= 0.3 is 0 Å². The number of rotatable bonds is 10. The van der Waals surface area contributed by atoms with Gasteiger partial charge in [-0.15, -0.1) is 0 Å². The minimum absolute atomic E-state index is 0.0734. The van der Waals surface area contributed by atoms with Gasteiger partial charge in [-0.05, 0) is 50.6 Å². The molecular formula is C23H32N4O3. The zero-order valence-corrected chi connectivity index (χ0v) is 18.2. The van der Waals surface area contributed by atoms with Crippen LogP contribution in [-0.2, 0) is 6.54 Å². The minimum Gasteiger partial charge on any atom is -0.493 e. The average Bonchev–Trinajstić information content (AvgIpc) is 2.76. The second-order valence-corrected chi connectivity index (χ2v) is 6.72. The van der Waals surface area contributed by atoms with Crippen LogP contribution in [0.4, 0.5) is 0 Å². The van der Waals surface area contributed by atoms with Gasteiger partial charge in [0.1, 0.15) is 6.10 Å². The smallest absolute Gasteiger partial charge is 0.251 e. The Morgan fingerprint density at radius 2 is 1.73 bits per heavy atom. The number of methoxy groups -OCH3 is 1. The van der Waals surface area contributed by atoms with E-state index in [2.05, 4.69) is 20.9 Å². The van der Waals surface area contributed by atoms with E-state index in [1.54, 1.807) is 13.2 Å². The van der Waals surface area contributed by atoms with Crippen molar-refractivity contribution in [2.75, 3.05) is 26.7 Å². The van der Waals surface area contributed by atoms with Crippen molar-refractivity contribution in [2.45, 2.75) is 33.4 Å². The highest BCUT2D eigenvalue weighted by molar-refractivity contribution is 5.94. The molecule has 0 bridgehead atoms. The topological polar surface area (TPSA) is 84.0 Å². The largest absolute Gasteiger partial charge is 0.493 e. The van der Waals surface area contributed by atoms with E-state index in [-0.39, 0.29) is 12.0 Å². The summed E-state index contributed by atoms with van der Waals surface area (Å²) in [5, 5.41) is 9.34. The van der Waals surface area contributed by atoms with Crippen LogP contribution in [0.1, 0.15) is 36.7 Å². The summed E-state index contributed by atoms with van der Waals surface area (Å²) < 4.78 is 11.3. The van der Waals surface area contributed by atoms with Crippen LogP contribution >= 0.6 is 0 Å². The van der Waals surface area contributed by atoms with Crippen LogP contribution in [0.5, 0.6) is 11.5 Å². The lowest BCUT2D eigenvalue weighted by Gasteiger charge is -2.19. The molecule has 2 aromatic rings. The van der Waals surface area contributed by atoms with E-state index in [4.69, 9.17) is 9.47 Å². The van der Waals surface area contributed by atoms with Crippen molar-refractivity contribution in [1.29, 1.82) is 0 Å². The third kappa shape index (κ3) is 7.31. The molecule has 3 N–H and O–H groups in total. The van der Waals surface area contributed by atoms with Crippen LogP contribution < -0.4 is 25.4 Å². The Bertz CT molecular complexity index is 839. The zero-order valence-electron chi connectivity index (χ0n) is 18.2. The number of aliphatic imine (C=N–C) groups is 1. The van der Waals surface area contributed by atoms with Crippen molar-refractivity contribution in [3.8, 4) is 11.5 Å². The number of benzene rings is 2. The lowest BCUT2D eigenvalue weighted by molar-refractivity contribution is 0.0955. The summed E-state index contributed by atoms with van der Waals surface area (Å²) in [5.41, 5.74) is 1.61. The number of amides is 1. The normalized spacial score (nSPS) is 12.1. The van der Waals surface area contributed by atoms with E-state index in [1.165, 1.54) is 0 Å². The highest BCUT2D eigenvalue weighted by atomic mass is 16.5. The summed E-state index contributed by atoms with van der Waals surface area (Å²) >= 11 is 0. The molecule has 2 rings (SSSR count). The molecular weight excluding hydrogens is 380 g/mol. The van der Waals surface area contributed by atoms with E-state index in [0.717, 1.165) is 12.1 Å². The molecule has 0 aromatic heterocycles. The van der Waals surface area contributed by atoms with Crippen LogP contribution in [0.3, 0.4) is 0 Å². The number of guanidine groups is 1. The number of hydrogen-bond acceptors (Lipinski definition) is 4. The molecule has 162 valence electrons. The summed E-state index contributed by atoms with van der Waals surface area (Å²) in [7, 11) is 1.63. The summed E-state index contributed by atoms with van der Waals surface area (Å²) in [5.74, 6) is 2.03. The number of para-hydroxylation sites is 2. The number of nitrogens with one attached hydrogen (secondary N) is 3. The van der Waals surface area contributed by atoms with Gasteiger partial charge in [-0.3, -0.25) is 4.79 Å². The maximum Gasteiger partial charge on any atom is 0.251 e. The van der Waals surface area contributed by atoms with Crippen molar-refractivity contribution in [3.63, 3.8) is 0 Å². The fourth-order valence-electron chi connectivity index (χ4n) is 2.80. The Kier molecular flexibility index (Phi) is 9.51. The predicted octanol–water partition coefficient (Wildman–Crippen LogP) is 2.97. The third-order valence-electron chi connectivity index (χ3n) is 4.24. The lowest BCUT2D eigenvalue weighted by atomic mass is 10.1. The maximum atomic E-state index is 12.0. The van der Waals surface area contributed by atoms with E-state index in [1.807, 2.05) is 63.2 Å². The van der Waals surface area contributed by atoms with E-state index >= 15 is 0 Å². The van der Waals surface area contributed by atoms with Crippen LogP contribution in [0.2, 0.25) is 0 Å². The summed E-state index contributed by atoms with van der Waals surface area (Å²) in [6, 6.07) is 15.1. The standard InChI is InChI=1S/C23H32N4O3/c1-5-24-22(28)19-11-9-10-18(14-19)16-27-23(25-6-2)26-15-17(3)30-21-13-8-7-12-20(21)29-4/h7-14,17H,5-6,15-16H2,1-4H3,(H,24,28)(H2,25,26,27). The first-order valence-corrected chi connectivity index (χ1v) is 10.3. The first kappa shape index (κ1) is 23.1. The van der Waals surface area contributed by atoms with Gasteiger partial charge in [0.05, 0.1) is 20.2 Å². The first-order chi connectivity index (χ1) is 14.6. The van der Waals surface area contributed by atoms with Crippen LogP contribution in [-0.4, -0.2) is 44.7 Å². The molecule has 0 aliphatic carbocycles. The van der Waals surface area contributed by atoms with Gasteiger partial charge < -0.3 is 25.4 Å². The molecule has 0 aliphatic rings. The van der Waals surface area contributed by atoms with Crippen molar-refractivity contribution in [2.24, 2.45) is 4.99 Å².